The molecule has 0 radical (unpaired) electrons. The fraction of sp³-hybridized carbons (Fsp3) is 0.553. The predicted octanol–water partition coefficient (Wildman–Crippen LogP) is 8.51. The standard InChI is InChI=1S/C47H68N7O5S2/c1-46(2)40(38(18-13-30-53(5,6)7)39-23-21-36(32-41(39)46)60(11,55)56)24-19-34-16-12-17-35(45(34)49-27-14-28-50-51-48)20-26-44-47(3,4)42-33-37(61(57,58)59)22-25-43(42)52(44)29-15-31-54(8,9)10/h19-26,32-33,38H,12-18,27-31H2,1-11H3/q+1/p+2/b34-19+,40-24-. The number of benzene rings is 2. The largest absolute Gasteiger partial charge is 0.385 e. The normalized spacial score (nSPS) is 20.4. The lowest BCUT2D eigenvalue weighted by molar-refractivity contribution is -0.871. The zero-order valence-electron chi connectivity index (χ0n) is 38.4. The Labute approximate surface area is 365 Å². The number of sulfone groups is 1. The summed E-state index contributed by atoms with van der Waals surface area (Å²) in [4.78, 5) is 3.18. The average Bonchev–Trinajstić information content (AvgIpc) is 3.49. The van der Waals surface area contributed by atoms with E-state index in [1.165, 1.54) is 29.0 Å². The first-order valence-electron chi connectivity index (χ1n) is 21.6. The fourth-order valence-corrected chi connectivity index (χ4v) is 10.5. The van der Waals surface area contributed by atoms with Crippen LogP contribution in [0, 0.1) is 0 Å². The molecule has 0 amide bonds. The smallest absolute Gasteiger partial charge is 0.294 e. The molecule has 2 aliphatic carbocycles. The third-order valence-electron chi connectivity index (χ3n) is 12.5. The van der Waals surface area contributed by atoms with Crippen molar-refractivity contribution in [1.29, 1.82) is 0 Å². The highest BCUT2D eigenvalue weighted by atomic mass is 32.2. The minimum absolute atomic E-state index is 0.109. The van der Waals surface area contributed by atoms with Gasteiger partial charge in [0.1, 0.15) is 0 Å². The van der Waals surface area contributed by atoms with Gasteiger partial charge in [0.25, 0.3) is 10.1 Å². The second-order valence-electron chi connectivity index (χ2n) is 20.2. The molecule has 2 aromatic rings. The van der Waals surface area contributed by atoms with Crippen LogP contribution in [0.15, 0.2) is 98.0 Å². The van der Waals surface area contributed by atoms with E-state index in [9.17, 15) is 21.4 Å². The van der Waals surface area contributed by atoms with Gasteiger partial charge in [-0.15, -0.1) is 0 Å². The van der Waals surface area contributed by atoms with Crippen LogP contribution in [0.3, 0.4) is 0 Å². The van der Waals surface area contributed by atoms with Crippen LogP contribution in [0.2, 0.25) is 0 Å². The van der Waals surface area contributed by atoms with E-state index in [0.29, 0.717) is 24.4 Å². The lowest BCUT2D eigenvalue weighted by Crippen LogP contribution is -2.36. The zero-order chi connectivity index (χ0) is 45.2. The van der Waals surface area contributed by atoms with Crippen molar-refractivity contribution in [3.63, 3.8) is 0 Å². The summed E-state index contributed by atoms with van der Waals surface area (Å²) in [6.07, 6.45) is 16.5. The van der Waals surface area contributed by atoms with Gasteiger partial charge in [0.05, 0.1) is 77.0 Å². The lowest BCUT2D eigenvalue weighted by Gasteiger charge is -2.27. The van der Waals surface area contributed by atoms with Crippen LogP contribution in [0.25, 0.3) is 10.4 Å². The molecule has 14 heteroatoms. The Kier molecular flexibility index (Phi) is 14.4. The van der Waals surface area contributed by atoms with Gasteiger partial charge in [-0.1, -0.05) is 48.8 Å². The molecule has 5 rings (SSSR count). The van der Waals surface area contributed by atoms with E-state index in [-0.39, 0.29) is 16.2 Å². The summed E-state index contributed by atoms with van der Waals surface area (Å²) in [6, 6.07) is 10.6. The molecule has 0 spiro atoms. The summed E-state index contributed by atoms with van der Waals surface area (Å²) in [5.74, 6) is 0.154. The van der Waals surface area contributed by atoms with Crippen molar-refractivity contribution in [2.45, 2.75) is 99.2 Å². The first-order chi connectivity index (χ1) is 28.3. The van der Waals surface area contributed by atoms with Gasteiger partial charge in [-0.3, -0.25) is 4.55 Å². The molecule has 1 aliphatic heterocycles. The number of nitrogens with one attached hydrogen (secondary N) is 1. The Bertz CT molecular complexity index is 2440. The number of hydrogen-bond donors (Lipinski definition) is 2. The molecule has 0 saturated carbocycles. The van der Waals surface area contributed by atoms with Crippen LogP contribution in [0.5, 0.6) is 0 Å². The van der Waals surface area contributed by atoms with Gasteiger partial charge in [0.2, 0.25) is 5.69 Å². The van der Waals surface area contributed by atoms with E-state index < -0.39 is 25.4 Å². The van der Waals surface area contributed by atoms with E-state index in [4.69, 9.17) is 5.53 Å². The highest BCUT2D eigenvalue weighted by molar-refractivity contribution is 7.90. The van der Waals surface area contributed by atoms with Crippen LogP contribution in [-0.2, 0) is 30.8 Å². The molecule has 0 fully saturated rings. The van der Waals surface area contributed by atoms with Crippen molar-refractivity contribution in [3.05, 3.63) is 110 Å². The third kappa shape index (κ3) is 11.5. The van der Waals surface area contributed by atoms with Gasteiger partial charge in [-0.05, 0) is 104 Å². The molecule has 61 heavy (non-hydrogen) atoms. The number of quaternary nitrogens is 2. The van der Waals surface area contributed by atoms with Crippen molar-refractivity contribution in [3.8, 4) is 0 Å². The minimum atomic E-state index is -4.39. The number of hydrogen-bond acceptors (Lipinski definition) is 6. The van der Waals surface area contributed by atoms with Crippen LogP contribution < -0.4 is 5.32 Å². The first kappa shape index (κ1) is 48.0. The summed E-state index contributed by atoms with van der Waals surface area (Å²) in [5.41, 5.74) is 17.8. The van der Waals surface area contributed by atoms with E-state index in [0.717, 1.165) is 101 Å². The van der Waals surface area contributed by atoms with Crippen molar-refractivity contribution in [2.24, 2.45) is 5.11 Å². The Hall–Kier alpha value is -4.04. The Morgan fingerprint density at radius 1 is 0.869 bits per heavy atom. The van der Waals surface area contributed by atoms with E-state index in [1.54, 1.807) is 12.1 Å². The molecule has 0 bridgehead atoms. The van der Waals surface area contributed by atoms with Crippen molar-refractivity contribution in [2.75, 3.05) is 81.3 Å². The Morgan fingerprint density at radius 3 is 2.16 bits per heavy atom. The highest BCUT2D eigenvalue weighted by Crippen LogP contribution is 2.52. The summed E-state index contributed by atoms with van der Waals surface area (Å²) in [6.45, 7) is 12.4. The van der Waals surface area contributed by atoms with Crippen molar-refractivity contribution >= 4 is 31.4 Å². The van der Waals surface area contributed by atoms with Gasteiger partial charge >= 0.3 is 0 Å². The SMILES string of the molecule is CC1(C)C(/C=C/C2=C(NCCCN=[N+]=[N-])C(=C/C=C3/C(CCC[N+](C)(C)C)c4ccc(S(C)(=O)=O)cc4C3(C)C)/CCC2)=[N+](CCC[N+](C)(C)C)c2ccc(S(=O)(=O)O)cc21. The molecular formula is C47H70N7O5S2+3. The summed E-state index contributed by atoms with van der Waals surface area (Å²) in [7, 11) is 5.40. The number of rotatable bonds is 18. The van der Waals surface area contributed by atoms with Crippen molar-refractivity contribution in [1.82, 2.24) is 5.32 Å². The number of nitrogens with zero attached hydrogens (tertiary/aromatic N) is 6. The molecule has 332 valence electrons. The van der Waals surface area contributed by atoms with Crippen molar-refractivity contribution < 1.29 is 34.9 Å². The van der Waals surface area contributed by atoms with Crippen LogP contribution in [-0.4, -0.2) is 122 Å². The average molecular weight is 877 g/mol. The Morgan fingerprint density at radius 2 is 1.52 bits per heavy atom. The predicted molar refractivity (Wildman–Crippen MR) is 247 cm³/mol. The van der Waals surface area contributed by atoms with Gasteiger partial charge in [0.15, 0.2) is 22.1 Å². The number of azide groups is 1. The van der Waals surface area contributed by atoms with Crippen LogP contribution in [0.1, 0.15) is 95.2 Å². The molecule has 0 saturated heterocycles. The second-order valence-corrected chi connectivity index (χ2v) is 23.6. The van der Waals surface area contributed by atoms with Crippen LogP contribution in [0.4, 0.5) is 5.69 Å². The molecular weight excluding hydrogens is 807 g/mol. The summed E-state index contributed by atoms with van der Waals surface area (Å²) in [5, 5.41) is 7.50. The molecule has 0 aromatic heterocycles. The second kappa shape index (κ2) is 18.4. The highest BCUT2D eigenvalue weighted by Gasteiger charge is 2.45. The summed E-state index contributed by atoms with van der Waals surface area (Å²) >= 11 is 0. The minimum Gasteiger partial charge on any atom is -0.385 e. The maximum atomic E-state index is 12.7. The molecule has 3 aliphatic rings. The molecule has 2 N–H and O–H groups in total. The molecule has 2 aromatic carbocycles. The van der Waals surface area contributed by atoms with Gasteiger partial charge in [-0.2, -0.15) is 13.0 Å². The molecule has 1 unspecified atom stereocenters. The van der Waals surface area contributed by atoms with E-state index in [2.05, 4.69) is 114 Å². The van der Waals surface area contributed by atoms with Crippen LogP contribution >= 0.6 is 0 Å². The van der Waals surface area contributed by atoms with Gasteiger partial charge < -0.3 is 14.3 Å². The van der Waals surface area contributed by atoms with E-state index >= 15 is 0 Å². The van der Waals surface area contributed by atoms with Gasteiger partial charge in [0, 0.05) is 59.0 Å². The third-order valence-corrected chi connectivity index (χ3v) is 14.5. The topological polar surface area (TPSA) is 152 Å². The maximum Gasteiger partial charge on any atom is 0.294 e. The summed E-state index contributed by atoms with van der Waals surface area (Å²) < 4.78 is 63.9. The van der Waals surface area contributed by atoms with E-state index in [1.807, 2.05) is 18.2 Å². The monoisotopic (exact) mass is 876 g/mol. The maximum absolute atomic E-state index is 12.7. The van der Waals surface area contributed by atoms with Gasteiger partial charge in [-0.25, -0.2) is 8.42 Å². The molecule has 1 atom stereocenters. The number of allylic oxidation sites excluding steroid dienone is 7. The fourth-order valence-electron chi connectivity index (χ4n) is 9.30. The lowest BCUT2D eigenvalue weighted by atomic mass is 9.79. The number of fused-ring (bicyclic) bond motifs is 2. The quantitative estimate of drug-likeness (QED) is 0.0292. The molecule has 1 heterocycles. The zero-order valence-corrected chi connectivity index (χ0v) is 40.0. The first-order valence-corrected chi connectivity index (χ1v) is 24.9. The Balaban J connectivity index is 1.62. The molecule has 12 nitrogen and oxygen atoms in total.